The number of methoxy groups -OCH3 is 1. The van der Waals surface area contributed by atoms with Gasteiger partial charge in [0, 0.05) is 17.5 Å². The molecule has 0 saturated carbocycles. The van der Waals surface area contributed by atoms with Crippen molar-refractivity contribution >= 4 is 5.97 Å². The first kappa shape index (κ1) is 14.1. The average molecular weight is 287 g/mol. The van der Waals surface area contributed by atoms with Crippen LogP contribution in [0.3, 0.4) is 0 Å². The topological polar surface area (TPSA) is 49.8 Å². The second-order valence-corrected chi connectivity index (χ2v) is 6.24. The van der Waals surface area contributed by atoms with Crippen LogP contribution >= 0.6 is 0 Å². The fraction of sp³-hybridized carbons (Fsp3) is 0.471. The van der Waals surface area contributed by atoms with Gasteiger partial charge in [-0.05, 0) is 55.3 Å². The highest BCUT2D eigenvalue weighted by molar-refractivity contribution is 5.82. The van der Waals surface area contributed by atoms with E-state index in [9.17, 15) is 9.90 Å². The van der Waals surface area contributed by atoms with Crippen LogP contribution in [0.15, 0.2) is 29.8 Å². The fourth-order valence-corrected chi connectivity index (χ4v) is 3.83. The quantitative estimate of drug-likeness (QED) is 0.847. The van der Waals surface area contributed by atoms with Crippen LogP contribution < -0.4 is 4.74 Å². The van der Waals surface area contributed by atoms with Crippen LogP contribution in [0.25, 0.3) is 0 Å². The van der Waals surface area contributed by atoms with Crippen LogP contribution in [0.4, 0.5) is 0 Å². The second kappa shape index (κ2) is 4.88. The number of ether oxygens (including phenoxy) is 1. The predicted octanol–water partition coefficient (Wildman–Crippen LogP) is 2.22. The molecule has 1 saturated heterocycles. The molecular weight excluding hydrogens is 266 g/mol. The summed E-state index contributed by atoms with van der Waals surface area (Å²) >= 11 is 0. The van der Waals surface area contributed by atoms with Crippen molar-refractivity contribution in [2.24, 2.45) is 0 Å². The third kappa shape index (κ3) is 2.14. The molecule has 0 radical (unpaired) electrons. The van der Waals surface area contributed by atoms with Gasteiger partial charge in [0.15, 0.2) is 0 Å². The normalized spacial score (nSPS) is 30.0. The molecule has 1 fully saturated rings. The molecule has 1 N–H and O–H groups in total. The molecule has 1 aliphatic heterocycles. The minimum absolute atomic E-state index is 0.181. The summed E-state index contributed by atoms with van der Waals surface area (Å²) in [5.41, 5.74) is 3.33. The Labute approximate surface area is 125 Å². The van der Waals surface area contributed by atoms with Gasteiger partial charge in [0.25, 0.3) is 0 Å². The summed E-state index contributed by atoms with van der Waals surface area (Å²) in [7, 11) is 3.74. The van der Waals surface area contributed by atoms with Crippen molar-refractivity contribution in [2.75, 3.05) is 20.7 Å². The Morgan fingerprint density at radius 1 is 1.52 bits per heavy atom. The number of benzene rings is 1. The molecule has 4 nitrogen and oxygen atoms in total. The van der Waals surface area contributed by atoms with E-state index in [0.717, 1.165) is 30.7 Å². The van der Waals surface area contributed by atoms with Crippen LogP contribution in [0.5, 0.6) is 5.75 Å². The van der Waals surface area contributed by atoms with Crippen molar-refractivity contribution in [3.05, 3.63) is 41.0 Å². The van der Waals surface area contributed by atoms with Crippen LogP contribution in [0, 0.1) is 0 Å². The molecule has 2 atom stereocenters. The zero-order valence-corrected chi connectivity index (χ0v) is 12.7. The molecular formula is C17H21NO3. The number of carboxylic acid groups (broad SMARTS) is 1. The van der Waals surface area contributed by atoms with E-state index >= 15 is 0 Å². The van der Waals surface area contributed by atoms with Crippen molar-refractivity contribution in [2.45, 2.75) is 31.2 Å². The van der Waals surface area contributed by atoms with Crippen LogP contribution in [0.1, 0.15) is 24.5 Å². The molecule has 4 heteroatoms. The van der Waals surface area contributed by atoms with Crippen LogP contribution in [-0.4, -0.2) is 42.7 Å². The fourth-order valence-electron chi connectivity index (χ4n) is 3.83. The van der Waals surface area contributed by atoms with E-state index in [2.05, 4.69) is 31.0 Å². The summed E-state index contributed by atoms with van der Waals surface area (Å²) in [6.07, 6.45) is 3.21. The number of hydrogen-bond donors (Lipinski definition) is 1. The maximum Gasteiger partial charge on any atom is 0.328 e. The summed E-state index contributed by atoms with van der Waals surface area (Å²) in [5.74, 6) is -0.0232. The maximum absolute atomic E-state index is 11.3. The molecule has 0 amide bonds. The van der Waals surface area contributed by atoms with E-state index in [1.807, 2.05) is 6.07 Å². The molecule has 1 aromatic carbocycles. The number of hydrogen-bond acceptors (Lipinski definition) is 3. The SMILES string of the molecule is COc1ccc2c(c1)C1(C)CCN(C)C(C2)C1=CC(=O)O. The summed E-state index contributed by atoms with van der Waals surface area (Å²) in [5, 5.41) is 9.25. The molecule has 112 valence electrons. The van der Waals surface area contributed by atoms with Crippen LogP contribution in [0.2, 0.25) is 0 Å². The Morgan fingerprint density at radius 3 is 2.95 bits per heavy atom. The summed E-state index contributed by atoms with van der Waals surface area (Å²) in [6.45, 7) is 3.15. The molecule has 2 aliphatic rings. The number of fused-ring (bicyclic) bond motifs is 4. The first-order valence-electron chi connectivity index (χ1n) is 7.28. The lowest BCUT2D eigenvalue weighted by Crippen LogP contribution is -2.52. The van der Waals surface area contributed by atoms with Crippen molar-refractivity contribution in [1.82, 2.24) is 4.90 Å². The van der Waals surface area contributed by atoms with Gasteiger partial charge in [0.2, 0.25) is 0 Å². The number of carboxylic acids is 1. The number of likely N-dealkylation sites (N-methyl/N-ethyl adjacent to an activating group) is 1. The van der Waals surface area contributed by atoms with Crippen molar-refractivity contribution in [3.63, 3.8) is 0 Å². The number of piperidine rings is 1. The first-order chi connectivity index (χ1) is 9.95. The zero-order valence-electron chi connectivity index (χ0n) is 12.7. The standard InChI is InChI=1S/C17H21NO3/c1-17-6-7-18(2)15(14(17)10-16(19)20)8-11-4-5-12(21-3)9-13(11)17/h4-5,9-10,15H,6-8H2,1-3H3,(H,19,20). The molecule has 2 unspecified atom stereocenters. The third-order valence-corrected chi connectivity index (χ3v) is 5.10. The highest BCUT2D eigenvalue weighted by atomic mass is 16.5. The number of nitrogens with zero attached hydrogens (tertiary/aromatic N) is 1. The van der Waals surface area contributed by atoms with Gasteiger partial charge in [-0.2, -0.15) is 0 Å². The van der Waals surface area contributed by atoms with Crippen molar-refractivity contribution < 1.29 is 14.6 Å². The Morgan fingerprint density at radius 2 is 2.29 bits per heavy atom. The predicted molar refractivity (Wildman–Crippen MR) is 80.8 cm³/mol. The molecule has 3 rings (SSSR count). The molecule has 2 bridgehead atoms. The summed E-state index contributed by atoms with van der Waals surface area (Å²) in [4.78, 5) is 13.5. The minimum atomic E-state index is -0.858. The second-order valence-electron chi connectivity index (χ2n) is 6.24. The smallest absolute Gasteiger partial charge is 0.328 e. The monoisotopic (exact) mass is 287 g/mol. The first-order valence-corrected chi connectivity index (χ1v) is 7.28. The van der Waals surface area contributed by atoms with Crippen molar-refractivity contribution in [1.29, 1.82) is 0 Å². The van der Waals surface area contributed by atoms with E-state index in [-0.39, 0.29) is 11.5 Å². The molecule has 1 aliphatic carbocycles. The summed E-state index contributed by atoms with van der Waals surface area (Å²) in [6, 6.07) is 6.37. The number of likely N-dealkylation sites (tertiary alicyclic amines) is 1. The van der Waals surface area contributed by atoms with E-state index in [0.29, 0.717) is 0 Å². The minimum Gasteiger partial charge on any atom is -0.497 e. The van der Waals surface area contributed by atoms with Gasteiger partial charge in [-0.15, -0.1) is 0 Å². The third-order valence-electron chi connectivity index (χ3n) is 5.10. The van der Waals surface area contributed by atoms with Gasteiger partial charge in [0.05, 0.1) is 7.11 Å². The molecule has 1 aromatic rings. The molecule has 0 spiro atoms. The highest BCUT2D eigenvalue weighted by Gasteiger charge is 2.46. The highest BCUT2D eigenvalue weighted by Crippen LogP contribution is 2.48. The molecule has 21 heavy (non-hydrogen) atoms. The number of rotatable bonds is 2. The van der Waals surface area contributed by atoms with Gasteiger partial charge < -0.3 is 9.84 Å². The Bertz CT molecular complexity index is 622. The van der Waals surface area contributed by atoms with E-state index in [4.69, 9.17) is 4.74 Å². The summed E-state index contributed by atoms with van der Waals surface area (Å²) < 4.78 is 5.35. The van der Waals surface area contributed by atoms with E-state index < -0.39 is 5.97 Å². The van der Waals surface area contributed by atoms with Gasteiger partial charge in [-0.25, -0.2) is 4.79 Å². The lowest BCUT2D eigenvalue weighted by Gasteiger charge is -2.51. The maximum atomic E-state index is 11.3. The van der Waals surface area contributed by atoms with E-state index in [1.165, 1.54) is 17.2 Å². The van der Waals surface area contributed by atoms with Gasteiger partial charge >= 0.3 is 5.97 Å². The Kier molecular flexibility index (Phi) is 3.29. The van der Waals surface area contributed by atoms with E-state index in [1.54, 1.807) is 7.11 Å². The van der Waals surface area contributed by atoms with Gasteiger partial charge in [-0.3, -0.25) is 4.90 Å². The number of carbonyl (C=O) groups is 1. The van der Waals surface area contributed by atoms with Crippen LogP contribution in [-0.2, 0) is 16.6 Å². The zero-order chi connectivity index (χ0) is 15.2. The van der Waals surface area contributed by atoms with Gasteiger partial charge in [0.1, 0.15) is 5.75 Å². The Balaban J connectivity index is 2.20. The largest absolute Gasteiger partial charge is 0.497 e. The average Bonchev–Trinajstić information content (AvgIpc) is 2.45. The van der Waals surface area contributed by atoms with Gasteiger partial charge in [-0.1, -0.05) is 13.0 Å². The van der Waals surface area contributed by atoms with Crippen molar-refractivity contribution in [3.8, 4) is 5.75 Å². The molecule has 0 aromatic heterocycles. The lowest BCUT2D eigenvalue weighted by atomic mass is 9.61. The number of aliphatic carboxylic acids is 1. The lowest BCUT2D eigenvalue weighted by molar-refractivity contribution is -0.131. The molecule has 1 heterocycles. The Hall–Kier alpha value is -1.81.